The minimum absolute atomic E-state index is 0.000177. The minimum Gasteiger partial charge on any atom is -0.455 e. The number of Topliss-reactive ketones (excluding diaryl/α,β-unsaturated/α-hetero) is 1. The molecular weight excluding hydrogens is 232 g/mol. The molecule has 0 fully saturated rings. The standard InChI is InChI=1S/C13H18N2O3/c1-13(2,3)18-12(17)11-10(14)9-7(15-11)5-4-6-8(9)16/h15H,4-6,14H2,1-3H3. The lowest BCUT2D eigenvalue weighted by Crippen LogP contribution is -2.24. The summed E-state index contributed by atoms with van der Waals surface area (Å²) >= 11 is 0. The van der Waals surface area contributed by atoms with Gasteiger partial charge in [-0.05, 0) is 33.6 Å². The summed E-state index contributed by atoms with van der Waals surface area (Å²) in [6, 6.07) is 0. The van der Waals surface area contributed by atoms with Crippen LogP contribution < -0.4 is 5.73 Å². The molecule has 2 rings (SSSR count). The van der Waals surface area contributed by atoms with Crippen molar-refractivity contribution < 1.29 is 14.3 Å². The van der Waals surface area contributed by atoms with Crippen LogP contribution in [0.1, 0.15) is 60.2 Å². The van der Waals surface area contributed by atoms with Crippen molar-refractivity contribution >= 4 is 17.4 Å². The Balaban J connectivity index is 2.36. The average molecular weight is 250 g/mol. The number of ketones is 1. The molecule has 0 radical (unpaired) electrons. The summed E-state index contributed by atoms with van der Waals surface area (Å²) in [7, 11) is 0. The molecule has 1 aliphatic rings. The van der Waals surface area contributed by atoms with Gasteiger partial charge in [-0.1, -0.05) is 0 Å². The van der Waals surface area contributed by atoms with Gasteiger partial charge < -0.3 is 15.5 Å². The van der Waals surface area contributed by atoms with Gasteiger partial charge in [0.15, 0.2) is 5.78 Å². The number of anilines is 1. The normalized spacial score (nSPS) is 15.4. The van der Waals surface area contributed by atoms with Crippen LogP contribution in [0.3, 0.4) is 0 Å². The van der Waals surface area contributed by atoms with E-state index in [1.165, 1.54) is 0 Å². The quantitative estimate of drug-likeness (QED) is 0.747. The van der Waals surface area contributed by atoms with Crippen molar-refractivity contribution in [3.63, 3.8) is 0 Å². The first-order valence-electron chi connectivity index (χ1n) is 6.06. The SMILES string of the molecule is CC(C)(C)OC(=O)c1[nH]c2c(c1N)C(=O)CCC2. The fraction of sp³-hybridized carbons (Fsp3) is 0.538. The average Bonchev–Trinajstić information content (AvgIpc) is 2.55. The number of hydrogen-bond acceptors (Lipinski definition) is 4. The lowest BCUT2D eigenvalue weighted by molar-refractivity contribution is 0.00646. The highest BCUT2D eigenvalue weighted by molar-refractivity contribution is 6.08. The molecule has 5 heteroatoms. The maximum atomic E-state index is 12.0. The van der Waals surface area contributed by atoms with Crippen LogP contribution in [0.5, 0.6) is 0 Å². The number of aryl methyl sites for hydroxylation is 1. The van der Waals surface area contributed by atoms with Gasteiger partial charge in [0.05, 0.1) is 11.3 Å². The van der Waals surface area contributed by atoms with Gasteiger partial charge in [-0.15, -0.1) is 0 Å². The van der Waals surface area contributed by atoms with E-state index in [0.29, 0.717) is 12.0 Å². The summed E-state index contributed by atoms with van der Waals surface area (Å²) in [5, 5.41) is 0. The Morgan fingerprint density at radius 1 is 1.33 bits per heavy atom. The minimum atomic E-state index is -0.584. The van der Waals surface area contributed by atoms with Crippen LogP contribution in [0.25, 0.3) is 0 Å². The summed E-state index contributed by atoms with van der Waals surface area (Å²) in [5.41, 5.74) is 6.95. The van der Waals surface area contributed by atoms with Gasteiger partial charge in [0.25, 0.3) is 0 Å². The smallest absolute Gasteiger partial charge is 0.357 e. The van der Waals surface area contributed by atoms with Crippen LogP contribution in [0.4, 0.5) is 5.69 Å². The van der Waals surface area contributed by atoms with E-state index in [4.69, 9.17) is 10.5 Å². The van der Waals surface area contributed by atoms with E-state index < -0.39 is 11.6 Å². The molecule has 1 heterocycles. The number of H-pyrrole nitrogens is 1. The first-order valence-corrected chi connectivity index (χ1v) is 6.06. The fourth-order valence-electron chi connectivity index (χ4n) is 2.12. The molecule has 18 heavy (non-hydrogen) atoms. The van der Waals surface area contributed by atoms with Crippen molar-refractivity contribution in [1.29, 1.82) is 0 Å². The van der Waals surface area contributed by atoms with Crippen LogP contribution in [-0.2, 0) is 11.2 Å². The van der Waals surface area contributed by atoms with Gasteiger partial charge in [0.1, 0.15) is 11.3 Å². The highest BCUT2D eigenvalue weighted by Crippen LogP contribution is 2.29. The molecule has 1 aliphatic carbocycles. The third-order valence-corrected chi connectivity index (χ3v) is 2.83. The summed E-state index contributed by atoms with van der Waals surface area (Å²) in [6.07, 6.45) is 2.02. The number of rotatable bonds is 1. The topological polar surface area (TPSA) is 85.2 Å². The van der Waals surface area contributed by atoms with Crippen molar-refractivity contribution in [1.82, 2.24) is 4.98 Å². The Morgan fingerprint density at radius 3 is 2.56 bits per heavy atom. The number of aromatic nitrogens is 1. The van der Waals surface area contributed by atoms with Crippen molar-refractivity contribution in [2.75, 3.05) is 5.73 Å². The number of nitrogens with one attached hydrogen (secondary N) is 1. The van der Waals surface area contributed by atoms with E-state index in [0.717, 1.165) is 18.5 Å². The van der Waals surface area contributed by atoms with E-state index in [-0.39, 0.29) is 17.2 Å². The van der Waals surface area contributed by atoms with E-state index >= 15 is 0 Å². The van der Waals surface area contributed by atoms with E-state index in [9.17, 15) is 9.59 Å². The molecular formula is C13H18N2O3. The molecule has 0 atom stereocenters. The second-order valence-corrected chi connectivity index (χ2v) is 5.55. The van der Waals surface area contributed by atoms with Crippen molar-refractivity contribution in [3.05, 3.63) is 17.0 Å². The number of esters is 1. The number of nitrogens with two attached hydrogens (primary N) is 1. The number of ether oxygens (including phenoxy) is 1. The van der Waals surface area contributed by atoms with Gasteiger partial charge in [-0.3, -0.25) is 4.79 Å². The number of fused-ring (bicyclic) bond motifs is 1. The van der Waals surface area contributed by atoms with E-state index in [2.05, 4.69) is 4.98 Å². The molecule has 0 saturated heterocycles. The van der Waals surface area contributed by atoms with Crippen LogP contribution in [0, 0.1) is 0 Å². The highest BCUT2D eigenvalue weighted by atomic mass is 16.6. The molecule has 3 N–H and O–H groups in total. The van der Waals surface area contributed by atoms with Crippen LogP contribution in [-0.4, -0.2) is 22.3 Å². The summed E-state index contributed by atoms with van der Waals surface area (Å²) in [6.45, 7) is 5.36. The monoisotopic (exact) mass is 250 g/mol. The van der Waals surface area contributed by atoms with Crippen LogP contribution >= 0.6 is 0 Å². The molecule has 1 aromatic heterocycles. The maximum absolute atomic E-state index is 12.0. The number of aromatic amines is 1. The third-order valence-electron chi connectivity index (χ3n) is 2.83. The molecule has 0 aromatic carbocycles. The van der Waals surface area contributed by atoms with Gasteiger partial charge in [-0.25, -0.2) is 4.79 Å². The molecule has 0 amide bonds. The number of carbonyl (C=O) groups excluding carboxylic acids is 2. The molecule has 5 nitrogen and oxygen atoms in total. The molecule has 98 valence electrons. The third kappa shape index (κ3) is 2.25. The van der Waals surface area contributed by atoms with E-state index in [1.807, 2.05) is 0 Å². The summed E-state index contributed by atoms with van der Waals surface area (Å²) in [4.78, 5) is 26.7. The maximum Gasteiger partial charge on any atom is 0.357 e. The Bertz CT molecular complexity index is 509. The Morgan fingerprint density at radius 2 is 2.00 bits per heavy atom. The largest absolute Gasteiger partial charge is 0.455 e. The Labute approximate surface area is 106 Å². The van der Waals surface area contributed by atoms with Crippen LogP contribution in [0.15, 0.2) is 0 Å². The second kappa shape index (κ2) is 4.15. The predicted octanol–water partition coefficient (Wildman–Crippen LogP) is 2.07. The molecule has 0 bridgehead atoms. The first kappa shape index (κ1) is 12.7. The van der Waals surface area contributed by atoms with Gasteiger partial charge in [0, 0.05) is 12.1 Å². The molecule has 0 saturated carbocycles. The molecule has 0 spiro atoms. The highest BCUT2D eigenvalue weighted by Gasteiger charge is 2.29. The number of nitrogen functional groups attached to an aromatic ring is 1. The Kier molecular flexibility index (Phi) is 2.92. The zero-order valence-corrected chi connectivity index (χ0v) is 10.9. The van der Waals surface area contributed by atoms with Crippen molar-refractivity contribution in [2.45, 2.75) is 45.6 Å². The predicted molar refractivity (Wildman–Crippen MR) is 67.6 cm³/mol. The van der Waals surface area contributed by atoms with E-state index in [1.54, 1.807) is 20.8 Å². The first-order chi connectivity index (χ1) is 8.29. The number of carbonyl (C=O) groups is 2. The Hall–Kier alpha value is -1.78. The number of hydrogen-bond donors (Lipinski definition) is 2. The lowest BCUT2D eigenvalue weighted by atomic mass is 9.95. The zero-order valence-electron chi connectivity index (χ0n) is 10.9. The van der Waals surface area contributed by atoms with Gasteiger partial charge in [0.2, 0.25) is 0 Å². The molecule has 1 aromatic rings. The zero-order chi connectivity index (χ0) is 13.5. The molecule has 0 aliphatic heterocycles. The lowest BCUT2D eigenvalue weighted by Gasteiger charge is -2.19. The summed E-state index contributed by atoms with van der Waals surface area (Å²) in [5.74, 6) is -0.512. The van der Waals surface area contributed by atoms with Crippen molar-refractivity contribution in [3.8, 4) is 0 Å². The fourth-order valence-corrected chi connectivity index (χ4v) is 2.12. The van der Waals surface area contributed by atoms with Crippen LogP contribution in [0.2, 0.25) is 0 Å². The summed E-state index contributed by atoms with van der Waals surface area (Å²) < 4.78 is 5.26. The molecule has 0 unspecified atom stereocenters. The van der Waals surface area contributed by atoms with Gasteiger partial charge >= 0.3 is 5.97 Å². The van der Waals surface area contributed by atoms with Gasteiger partial charge in [-0.2, -0.15) is 0 Å². The van der Waals surface area contributed by atoms with Crippen molar-refractivity contribution in [2.24, 2.45) is 0 Å². The second-order valence-electron chi connectivity index (χ2n) is 5.55.